The summed E-state index contributed by atoms with van der Waals surface area (Å²) in [5.74, 6) is 0.117. The molecule has 5 nitrogen and oxygen atoms in total. The topological polar surface area (TPSA) is 79.9 Å². The lowest BCUT2D eigenvalue weighted by Gasteiger charge is -2.15. The second-order valence-electron chi connectivity index (χ2n) is 3.37. The van der Waals surface area contributed by atoms with Crippen molar-refractivity contribution in [2.75, 3.05) is 5.75 Å². The molecule has 6 heteroatoms. The van der Waals surface area contributed by atoms with Gasteiger partial charge in [0.1, 0.15) is 0 Å². The highest BCUT2D eigenvalue weighted by Crippen LogP contribution is 2.23. The van der Waals surface area contributed by atoms with Crippen LogP contribution >= 0.6 is 0 Å². The molecule has 0 unspecified atom stereocenters. The predicted molar refractivity (Wildman–Crippen MR) is 50.0 cm³/mol. The van der Waals surface area contributed by atoms with Crippen LogP contribution in [0.15, 0.2) is 9.69 Å². The average molecular weight is 214 g/mol. The molecule has 1 aromatic heterocycles. The molecular formula is C8H10N2O3S. The lowest BCUT2D eigenvalue weighted by Crippen LogP contribution is -2.27. The van der Waals surface area contributed by atoms with Gasteiger partial charge in [-0.3, -0.25) is 4.79 Å². The van der Waals surface area contributed by atoms with Gasteiger partial charge in [0, 0.05) is 5.56 Å². The molecule has 0 radical (unpaired) electrons. The van der Waals surface area contributed by atoms with Crippen molar-refractivity contribution in [1.82, 2.24) is 10.2 Å². The molecule has 0 saturated carbocycles. The summed E-state index contributed by atoms with van der Waals surface area (Å²) in [6.45, 7) is 1.59. The molecule has 0 saturated heterocycles. The molecule has 1 aromatic rings. The number of nitrogens with one attached hydrogen (secondary N) is 1. The molecule has 0 fully saturated rings. The highest BCUT2D eigenvalue weighted by Gasteiger charge is 2.28. The Labute approximate surface area is 81.1 Å². The highest BCUT2D eigenvalue weighted by atomic mass is 32.2. The minimum Gasteiger partial charge on any atom is -0.268 e. The molecule has 1 N–H and O–H groups in total. The number of hydrogen-bond acceptors (Lipinski definition) is 4. The van der Waals surface area contributed by atoms with Crippen LogP contribution in [0.4, 0.5) is 0 Å². The number of rotatable bonds is 0. The Morgan fingerprint density at radius 3 is 2.79 bits per heavy atom. The van der Waals surface area contributed by atoms with Crippen molar-refractivity contribution in [2.24, 2.45) is 0 Å². The maximum atomic E-state index is 11.7. The van der Waals surface area contributed by atoms with Crippen LogP contribution in [0.25, 0.3) is 0 Å². The van der Waals surface area contributed by atoms with Crippen LogP contribution in [0.3, 0.4) is 0 Å². The van der Waals surface area contributed by atoms with Crippen LogP contribution in [0.1, 0.15) is 17.7 Å². The Morgan fingerprint density at radius 1 is 1.43 bits per heavy atom. The zero-order chi connectivity index (χ0) is 10.3. The van der Waals surface area contributed by atoms with Gasteiger partial charge in [0.2, 0.25) is 0 Å². The van der Waals surface area contributed by atoms with E-state index in [1.54, 1.807) is 6.92 Å². The summed E-state index contributed by atoms with van der Waals surface area (Å²) in [5, 5.41) is 5.97. The SMILES string of the molecule is Cc1n[nH]c(=O)c2c1S(=O)(=O)CCC2. The number of fused-ring (bicyclic) bond motifs is 1. The van der Waals surface area contributed by atoms with Crippen molar-refractivity contribution in [3.63, 3.8) is 0 Å². The van der Waals surface area contributed by atoms with E-state index in [1.165, 1.54) is 0 Å². The maximum absolute atomic E-state index is 11.7. The summed E-state index contributed by atoms with van der Waals surface area (Å²) >= 11 is 0. The molecule has 0 aliphatic carbocycles. The standard InChI is InChI=1S/C8H10N2O3S/c1-5-7-6(8(11)10-9-5)3-2-4-14(7,12)13/h2-4H2,1H3,(H,10,11). The van der Waals surface area contributed by atoms with E-state index in [0.29, 0.717) is 24.1 Å². The van der Waals surface area contributed by atoms with Crippen molar-refractivity contribution in [2.45, 2.75) is 24.7 Å². The van der Waals surface area contributed by atoms with Crippen LogP contribution in [0.2, 0.25) is 0 Å². The minimum atomic E-state index is -3.28. The third-order valence-electron chi connectivity index (χ3n) is 2.35. The summed E-state index contributed by atoms with van der Waals surface area (Å²) in [6, 6.07) is 0. The van der Waals surface area contributed by atoms with Crippen molar-refractivity contribution >= 4 is 9.84 Å². The first-order chi connectivity index (χ1) is 6.52. The van der Waals surface area contributed by atoms with Gasteiger partial charge >= 0.3 is 0 Å². The van der Waals surface area contributed by atoms with E-state index >= 15 is 0 Å². The first-order valence-electron chi connectivity index (χ1n) is 4.33. The summed E-state index contributed by atoms with van der Waals surface area (Å²) < 4.78 is 23.3. The highest BCUT2D eigenvalue weighted by molar-refractivity contribution is 7.91. The predicted octanol–water partition coefficient (Wildman–Crippen LogP) is -0.202. The monoisotopic (exact) mass is 214 g/mol. The largest absolute Gasteiger partial charge is 0.268 e. The maximum Gasteiger partial charge on any atom is 0.268 e. The normalized spacial score (nSPS) is 18.9. The number of H-pyrrole nitrogens is 1. The van der Waals surface area contributed by atoms with E-state index in [1.807, 2.05) is 0 Å². The fraction of sp³-hybridized carbons (Fsp3) is 0.500. The number of nitrogens with zero attached hydrogens (tertiary/aromatic N) is 1. The average Bonchev–Trinajstić information content (AvgIpc) is 2.10. The van der Waals surface area contributed by atoms with Gasteiger partial charge in [0.15, 0.2) is 9.84 Å². The Morgan fingerprint density at radius 2 is 2.14 bits per heavy atom. The summed E-state index contributed by atoms with van der Waals surface area (Å²) in [4.78, 5) is 11.5. The van der Waals surface area contributed by atoms with Crippen LogP contribution in [-0.4, -0.2) is 24.4 Å². The Bertz CT molecular complexity index is 530. The second-order valence-corrected chi connectivity index (χ2v) is 5.41. The number of aryl methyl sites for hydroxylation is 1. The van der Waals surface area contributed by atoms with Crippen LogP contribution in [0.5, 0.6) is 0 Å². The molecule has 0 bridgehead atoms. The van der Waals surface area contributed by atoms with Crippen molar-refractivity contribution in [3.05, 3.63) is 21.6 Å². The summed E-state index contributed by atoms with van der Waals surface area (Å²) in [7, 11) is -3.28. The Kier molecular flexibility index (Phi) is 1.95. The molecule has 0 amide bonds. The van der Waals surface area contributed by atoms with Gasteiger partial charge < -0.3 is 0 Å². The molecule has 1 aliphatic rings. The molecule has 0 aromatic carbocycles. The zero-order valence-corrected chi connectivity index (χ0v) is 8.52. The van der Waals surface area contributed by atoms with Crippen LogP contribution in [0, 0.1) is 6.92 Å². The minimum absolute atomic E-state index is 0.117. The molecule has 2 rings (SSSR count). The quantitative estimate of drug-likeness (QED) is 0.648. The Hall–Kier alpha value is -1.17. The number of hydrogen-bond donors (Lipinski definition) is 1. The van der Waals surface area contributed by atoms with Crippen LogP contribution in [-0.2, 0) is 16.3 Å². The fourth-order valence-electron chi connectivity index (χ4n) is 1.76. The van der Waals surface area contributed by atoms with E-state index in [-0.39, 0.29) is 16.2 Å². The first-order valence-corrected chi connectivity index (χ1v) is 5.98. The molecule has 2 heterocycles. The molecule has 0 spiro atoms. The van der Waals surface area contributed by atoms with E-state index in [9.17, 15) is 13.2 Å². The lowest BCUT2D eigenvalue weighted by atomic mass is 10.1. The van der Waals surface area contributed by atoms with Gasteiger partial charge in [-0.25, -0.2) is 13.5 Å². The smallest absolute Gasteiger partial charge is 0.268 e. The molecule has 76 valence electrons. The van der Waals surface area contributed by atoms with Gasteiger partial charge in [0.05, 0.1) is 16.3 Å². The summed E-state index contributed by atoms with van der Waals surface area (Å²) in [5.41, 5.74) is 0.372. The van der Waals surface area contributed by atoms with Crippen molar-refractivity contribution < 1.29 is 8.42 Å². The third-order valence-corrected chi connectivity index (χ3v) is 4.34. The first kappa shape index (κ1) is 9.39. The van der Waals surface area contributed by atoms with Crippen molar-refractivity contribution in [3.8, 4) is 0 Å². The van der Waals surface area contributed by atoms with Gasteiger partial charge in [-0.15, -0.1) is 0 Å². The number of aromatic amines is 1. The van der Waals surface area contributed by atoms with E-state index < -0.39 is 9.84 Å². The molecular weight excluding hydrogens is 204 g/mol. The summed E-state index contributed by atoms with van der Waals surface area (Å²) in [6.07, 6.45) is 1.04. The van der Waals surface area contributed by atoms with E-state index in [0.717, 1.165) is 0 Å². The number of sulfone groups is 1. The number of aromatic nitrogens is 2. The van der Waals surface area contributed by atoms with Gasteiger partial charge in [0.25, 0.3) is 5.56 Å². The van der Waals surface area contributed by atoms with Crippen LogP contribution < -0.4 is 5.56 Å². The van der Waals surface area contributed by atoms with E-state index in [4.69, 9.17) is 0 Å². The van der Waals surface area contributed by atoms with Crippen molar-refractivity contribution in [1.29, 1.82) is 0 Å². The Balaban J connectivity index is 2.88. The second kappa shape index (κ2) is 2.91. The molecule has 0 atom stereocenters. The zero-order valence-electron chi connectivity index (χ0n) is 7.70. The fourth-order valence-corrected chi connectivity index (χ4v) is 3.55. The van der Waals surface area contributed by atoms with Gasteiger partial charge in [-0.2, -0.15) is 5.10 Å². The third kappa shape index (κ3) is 1.26. The molecule has 14 heavy (non-hydrogen) atoms. The van der Waals surface area contributed by atoms with E-state index in [2.05, 4.69) is 10.2 Å². The van der Waals surface area contributed by atoms with Gasteiger partial charge in [-0.05, 0) is 19.8 Å². The lowest BCUT2D eigenvalue weighted by molar-refractivity contribution is 0.582. The molecule has 1 aliphatic heterocycles. The van der Waals surface area contributed by atoms with Gasteiger partial charge in [-0.1, -0.05) is 0 Å².